The molecule has 2 atom stereocenters. The van der Waals surface area contributed by atoms with Gasteiger partial charge in [0.1, 0.15) is 0 Å². The van der Waals surface area contributed by atoms with Gasteiger partial charge in [0, 0.05) is 19.1 Å². The van der Waals surface area contributed by atoms with Crippen LogP contribution in [-0.2, 0) is 6.42 Å². The molecule has 2 N–H and O–H groups in total. The van der Waals surface area contributed by atoms with Gasteiger partial charge in [0.2, 0.25) is 0 Å². The fraction of sp³-hybridized carbons (Fsp3) is 0.400. The number of aliphatic hydroxyl groups is 1. The Morgan fingerprint density at radius 3 is 2.59 bits per heavy atom. The van der Waals surface area contributed by atoms with E-state index in [-0.39, 0.29) is 17.0 Å². The van der Waals surface area contributed by atoms with E-state index >= 15 is 0 Å². The Balaban J connectivity index is 1.79. The lowest BCUT2D eigenvalue weighted by molar-refractivity contribution is 0.0863. The van der Waals surface area contributed by atoms with Crippen molar-refractivity contribution in [2.24, 2.45) is 0 Å². The van der Waals surface area contributed by atoms with Gasteiger partial charge in [0.25, 0.3) is 0 Å². The van der Waals surface area contributed by atoms with Crippen LogP contribution in [0.2, 0.25) is 0 Å². The minimum absolute atomic E-state index is 0.0974. The lowest BCUT2D eigenvalue weighted by Gasteiger charge is -2.37. The first kappa shape index (κ1) is 19.4. The molecule has 0 fully saturated rings. The second-order valence-electron chi connectivity index (χ2n) is 6.71. The van der Waals surface area contributed by atoms with E-state index in [2.05, 4.69) is 11.8 Å². The van der Waals surface area contributed by atoms with Crippen molar-refractivity contribution in [3.05, 3.63) is 58.3 Å². The average Bonchev–Trinajstić information content (AvgIpc) is 2.69. The number of methoxy groups -OCH3 is 2. The Bertz CT molecular complexity index is 796. The van der Waals surface area contributed by atoms with Gasteiger partial charge in [-0.3, -0.25) is 10.1 Å². The third-order valence-corrected chi connectivity index (χ3v) is 5.19. The maximum atomic E-state index is 11.1. The smallest absolute Gasteiger partial charge is 0.161 e. The van der Waals surface area contributed by atoms with E-state index in [1.807, 2.05) is 12.1 Å². The Morgan fingerprint density at radius 1 is 1.22 bits per heavy atom. The molecule has 146 valence electrons. The van der Waals surface area contributed by atoms with Crippen LogP contribution in [0.4, 0.5) is 5.69 Å². The van der Waals surface area contributed by atoms with Gasteiger partial charge >= 0.3 is 0 Å². The molecule has 7 nitrogen and oxygen atoms in total. The van der Waals surface area contributed by atoms with Crippen LogP contribution in [-0.4, -0.2) is 42.5 Å². The molecule has 3 rings (SSSR count). The molecule has 0 saturated carbocycles. The largest absolute Gasteiger partial charge is 0.733 e. The molecule has 7 heteroatoms. The van der Waals surface area contributed by atoms with Crippen LogP contribution in [0.3, 0.4) is 0 Å². The van der Waals surface area contributed by atoms with Gasteiger partial charge < -0.3 is 25.0 Å². The van der Waals surface area contributed by atoms with Crippen molar-refractivity contribution >= 4 is 5.69 Å². The maximum absolute atomic E-state index is 11.1. The molecule has 0 aliphatic carbocycles. The van der Waals surface area contributed by atoms with Crippen LogP contribution in [0, 0.1) is 5.21 Å². The third kappa shape index (κ3) is 4.01. The third-order valence-electron chi connectivity index (χ3n) is 5.19. The second-order valence-corrected chi connectivity index (χ2v) is 6.71. The zero-order valence-corrected chi connectivity index (χ0v) is 15.8. The number of rotatable bonds is 6. The summed E-state index contributed by atoms with van der Waals surface area (Å²) in [5.41, 5.74) is 3.06. The summed E-state index contributed by atoms with van der Waals surface area (Å²) in [5, 5.41) is 30.6. The highest BCUT2D eigenvalue weighted by molar-refractivity contribution is 5.49. The SMILES string of the molecule is COc1cc2c(cc1OC)[C@H](C)N(CC(O)c1cccc(N([O-])O)c1)CC2. The molecular weight excluding hydrogens is 348 g/mol. The molecule has 0 spiro atoms. The molecule has 1 aliphatic rings. The summed E-state index contributed by atoms with van der Waals surface area (Å²) in [5.74, 6) is 1.41. The molecular formula is C20H25N2O5-. The summed E-state index contributed by atoms with van der Waals surface area (Å²) in [7, 11) is 3.25. The van der Waals surface area contributed by atoms with Gasteiger partial charge in [-0.1, -0.05) is 12.1 Å². The van der Waals surface area contributed by atoms with E-state index in [0.29, 0.717) is 17.9 Å². The highest BCUT2D eigenvalue weighted by atomic mass is 16.8. The summed E-state index contributed by atoms with van der Waals surface area (Å²) in [6.07, 6.45) is 0.0756. The topological polar surface area (TPSA) is 88.5 Å². The number of aliphatic hydroxyl groups excluding tert-OH is 1. The number of benzene rings is 2. The summed E-state index contributed by atoms with van der Waals surface area (Å²) in [4.78, 5) is 2.19. The highest BCUT2D eigenvalue weighted by Crippen LogP contribution is 2.38. The molecule has 2 aromatic carbocycles. The molecule has 0 bridgehead atoms. The lowest BCUT2D eigenvalue weighted by atomic mass is 9.92. The number of fused-ring (bicyclic) bond motifs is 1. The normalized spacial score (nSPS) is 17.9. The molecule has 27 heavy (non-hydrogen) atoms. The Morgan fingerprint density at radius 2 is 1.93 bits per heavy atom. The fourth-order valence-electron chi connectivity index (χ4n) is 3.62. The molecule has 1 heterocycles. The van der Waals surface area contributed by atoms with Crippen LogP contribution in [0.25, 0.3) is 0 Å². The zero-order valence-electron chi connectivity index (χ0n) is 15.8. The zero-order chi connectivity index (χ0) is 19.6. The monoisotopic (exact) mass is 373 g/mol. The van der Waals surface area contributed by atoms with E-state index in [4.69, 9.17) is 14.7 Å². The van der Waals surface area contributed by atoms with E-state index < -0.39 is 6.10 Å². The Kier molecular flexibility index (Phi) is 5.86. The maximum Gasteiger partial charge on any atom is 0.161 e. The predicted octanol–water partition coefficient (Wildman–Crippen LogP) is 3.05. The lowest BCUT2D eigenvalue weighted by Crippen LogP contribution is -2.37. The summed E-state index contributed by atoms with van der Waals surface area (Å²) >= 11 is 0. The molecule has 0 radical (unpaired) electrons. The van der Waals surface area contributed by atoms with Crippen LogP contribution >= 0.6 is 0 Å². The standard InChI is InChI=1S/C20H25N2O5/c1-13-17-11-20(27-3)19(26-2)10-14(17)7-8-21(13)12-18(23)15-5-4-6-16(9-15)22(24)25/h4-6,9-11,13,18,23-24H,7-8,12H2,1-3H3/q-1/t13-,18?/m0/s1. The minimum atomic E-state index is -0.769. The number of hydrogen-bond donors (Lipinski definition) is 2. The second kappa shape index (κ2) is 8.14. The van der Waals surface area contributed by atoms with Crippen molar-refractivity contribution < 1.29 is 19.8 Å². The number of nitrogens with zero attached hydrogens (tertiary/aromatic N) is 2. The van der Waals surface area contributed by atoms with E-state index in [0.717, 1.165) is 24.3 Å². The van der Waals surface area contributed by atoms with Crippen molar-refractivity contribution in [1.82, 2.24) is 4.90 Å². The van der Waals surface area contributed by atoms with Gasteiger partial charge in [-0.05, 0) is 54.3 Å². The number of hydrogen-bond acceptors (Lipinski definition) is 7. The number of anilines is 1. The first-order chi connectivity index (χ1) is 12.9. The number of β-amino-alcohol motifs (C(OH)–C–C–N with tert-alkyl or cyclic N) is 1. The highest BCUT2D eigenvalue weighted by Gasteiger charge is 2.27. The first-order valence-electron chi connectivity index (χ1n) is 8.87. The van der Waals surface area contributed by atoms with Crippen LogP contribution in [0.1, 0.15) is 35.8 Å². The van der Waals surface area contributed by atoms with E-state index in [1.54, 1.807) is 26.4 Å². The van der Waals surface area contributed by atoms with Crippen molar-refractivity contribution in [3.8, 4) is 11.5 Å². The fourth-order valence-corrected chi connectivity index (χ4v) is 3.62. The number of ether oxygens (including phenoxy) is 2. The van der Waals surface area contributed by atoms with Crippen LogP contribution in [0.5, 0.6) is 11.5 Å². The molecule has 0 saturated heterocycles. The molecule has 0 amide bonds. The van der Waals surface area contributed by atoms with Crippen molar-refractivity contribution in [2.75, 3.05) is 32.5 Å². The van der Waals surface area contributed by atoms with E-state index in [9.17, 15) is 10.3 Å². The van der Waals surface area contributed by atoms with Gasteiger partial charge in [-0.15, -0.1) is 0 Å². The van der Waals surface area contributed by atoms with Gasteiger partial charge in [0.15, 0.2) is 11.5 Å². The quantitative estimate of drug-likeness (QED) is 0.752. The summed E-state index contributed by atoms with van der Waals surface area (Å²) in [6.45, 7) is 3.32. The Hall–Kier alpha value is -2.32. The molecule has 0 aromatic heterocycles. The average molecular weight is 373 g/mol. The van der Waals surface area contributed by atoms with Crippen LogP contribution in [0.15, 0.2) is 36.4 Å². The summed E-state index contributed by atoms with van der Waals surface area (Å²) < 4.78 is 10.8. The summed E-state index contributed by atoms with van der Waals surface area (Å²) in [6, 6.07) is 10.5. The first-order valence-corrected chi connectivity index (χ1v) is 8.87. The minimum Gasteiger partial charge on any atom is -0.733 e. The van der Waals surface area contributed by atoms with Crippen molar-refractivity contribution in [1.29, 1.82) is 0 Å². The molecule has 1 aliphatic heterocycles. The van der Waals surface area contributed by atoms with Crippen LogP contribution < -0.4 is 14.7 Å². The Labute approximate surface area is 158 Å². The molecule has 1 unspecified atom stereocenters. The van der Waals surface area contributed by atoms with Gasteiger partial charge in [0.05, 0.1) is 26.0 Å². The predicted molar refractivity (Wildman–Crippen MR) is 102 cm³/mol. The molecule has 2 aromatic rings. The van der Waals surface area contributed by atoms with Gasteiger partial charge in [-0.25, -0.2) is 0 Å². The van der Waals surface area contributed by atoms with E-state index in [1.165, 1.54) is 17.7 Å². The van der Waals surface area contributed by atoms with Crippen molar-refractivity contribution in [3.63, 3.8) is 0 Å². The van der Waals surface area contributed by atoms with Gasteiger partial charge in [-0.2, -0.15) is 0 Å². The van der Waals surface area contributed by atoms with Crippen molar-refractivity contribution in [2.45, 2.75) is 25.5 Å².